The van der Waals surface area contributed by atoms with Crippen LogP contribution >= 0.6 is 11.6 Å². The number of carbonyl (C=O) groups is 1. The van der Waals surface area contributed by atoms with Crippen molar-refractivity contribution >= 4 is 23.3 Å². The number of fused-ring (bicyclic) bond motifs is 3. The molecule has 56 heavy (non-hydrogen) atoms. The lowest BCUT2D eigenvalue weighted by Crippen LogP contribution is -2.53. The first-order valence-corrected chi connectivity index (χ1v) is 21.4. The Morgan fingerprint density at radius 2 is 1.75 bits per heavy atom. The van der Waals surface area contributed by atoms with Gasteiger partial charge in [0.2, 0.25) is 0 Å². The number of carboxylic acid groups (broad SMARTS) is 1. The number of rotatable bonds is 18. The van der Waals surface area contributed by atoms with Gasteiger partial charge in [-0.15, -0.1) is 0 Å². The molecule has 3 aliphatic carbocycles. The van der Waals surface area contributed by atoms with Crippen LogP contribution in [0.15, 0.2) is 85.1 Å². The number of pyridine rings is 1. The number of carboxylic acids is 1. The Bertz CT molecular complexity index is 1910. The summed E-state index contributed by atoms with van der Waals surface area (Å²) in [7, 11) is 0. The first-order chi connectivity index (χ1) is 27.2. The third-order valence-corrected chi connectivity index (χ3v) is 13.0. The molecular formula is C48H59ClN2O5. The van der Waals surface area contributed by atoms with Gasteiger partial charge in [0.1, 0.15) is 17.0 Å². The van der Waals surface area contributed by atoms with Gasteiger partial charge >= 0.3 is 5.97 Å². The Morgan fingerprint density at radius 3 is 2.55 bits per heavy atom. The first kappa shape index (κ1) is 40.1. The number of anilines is 1. The molecule has 0 bridgehead atoms. The lowest BCUT2D eigenvalue weighted by atomic mass is 9.59. The SMILES string of the molecule is C[C@@H](COc1ccnc2c1[C@H](C)CCC2)CC1Cc2ccc(OCCCCOCCCc3ccccc3)cc2C12CCC(Nc1cccc(Cl)c1)(C(=O)O)CC2. The van der Waals surface area contributed by atoms with Gasteiger partial charge in [-0.3, -0.25) is 4.98 Å². The highest BCUT2D eigenvalue weighted by Crippen LogP contribution is 2.57. The molecule has 0 aliphatic heterocycles. The zero-order valence-electron chi connectivity index (χ0n) is 33.2. The van der Waals surface area contributed by atoms with Crippen LogP contribution in [0, 0.1) is 11.8 Å². The highest BCUT2D eigenvalue weighted by molar-refractivity contribution is 6.30. The molecule has 8 heteroatoms. The van der Waals surface area contributed by atoms with Crippen molar-refractivity contribution in [1.82, 2.24) is 4.98 Å². The molecule has 7 rings (SSSR count). The molecule has 3 atom stereocenters. The van der Waals surface area contributed by atoms with Crippen LogP contribution in [-0.2, 0) is 34.2 Å². The number of halogens is 1. The Kier molecular flexibility index (Phi) is 13.2. The van der Waals surface area contributed by atoms with Crippen LogP contribution in [0.5, 0.6) is 11.5 Å². The van der Waals surface area contributed by atoms with Crippen LogP contribution in [0.25, 0.3) is 0 Å². The maximum Gasteiger partial charge on any atom is 0.329 e. The highest BCUT2D eigenvalue weighted by Gasteiger charge is 2.54. The van der Waals surface area contributed by atoms with Gasteiger partial charge in [-0.1, -0.05) is 67.9 Å². The van der Waals surface area contributed by atoms with Gasteiger partial charge in [-0.2, -0.15) is 0 Å². The van der Waals surface area contributed by atoms with Crippen molar-refractivity contribution in [2.24, 2.45) is 11.8 Å². The van der Waals surface area contributed by atoms with Crippen molar-refractivity contribution in [2.75, 3.05) is 31.7 Å². The van der Waals surface area contributed by atoms with Crippen LogP contribution < -0.4 is 14.8 Å². The minimum Gasteiger partial charge on any atom is -0.494 e. The zero-order valence-corrected chi connectivity index (χ0v) is 34.0. The lowest BCUT2D eigenvalue weighted by Gasteiger charge is -2.47. The van der Waals surface area contributed by atoms with Gasteiger partial charge in [0.15, 0.2) is 0 Å². The number of aromatic nitrogens is 1. The Morgan fingerprint density at radius 1 is 0.946 bits per heavy atom. The molecule has 1 unspecified atom stereocenters. The van der Waals surface area contributed by atoms with E-state index in [2.05, 4.69) is 72.7 Å². The van der Waals surface area contributed by atoms with E-state index in [1.807, 2.05) is 36.5 Å². The molecule has 0 saturated heterocycles. The minimum atomic E-state index is -1.06. The normalized spacial score (nSPS) is 23.3. The second-order valence-electron chi connectivity index (χ2n) is 16.8. The smallest absolute Gasteiger partial charge is 0.329 e. The second-order valence-corrected chi connectivity index (χ2v) is 17.2. The molecule has 3 aliphatic rings. The number of nitrogens with zero attached hydrogens (tertiary/aromatic N) is 1. The van der Waals surface area contributed by atoms with E-state index >= 15 is 0 Å². The van der Waals surface area contributed by atoms with Crippen molar-refractivity contribution < 1.29 is 24.1 Å². The lowest BCUT2D eigenvalue weighted by molar-refractivity contribution is -0.144. The molecule has 7 nitrogen and oxygen atoms in total. The monoisotopic (exact) mass is 778 g/mol. The molecule has 2 N–H and O–H groups in total. The number of nitrogens with one attached hydrogen (secondary N) is 1. The largest absolute Gasteiger partial charge is 0.494 e. The first-order valence-electron chi connectivity index (χ1n) is 21.0. The number of hydrogen-bond acceptors (Lipinski definition) is 6. The van der Waals surface area contributed by atoms with E-state index in [0.29, 0.717) is 48.8 Å². The predicted octanol–water partition coefficient (Wildman–Crippen LogP) is 11.0. The fraction of sp³-hybridized carbons (Fsp3) is 0.500. The van der Waals surface area contributed by atoms with Gasteiger partial charge in [0.05, 0.1) is 13.2 Å². The maximum atomic E-state index is 13.0. The number of unbranched alkanes of at least 4 members (excludes halogenated alkanes) is 1. The van der Waals surface area contributed by atoms with Crippen molar-refractivity contribution in [3.8, 4) is 11.5 Å². The van der Waals surface area contributed by atoms with Crippen LogP contribution in [0.2, 0.25) is 5.02 Å². The topological polar surface area (TPSA) is 89.9 Å². The number of ether oxygens (including phenoxy) is 3. The fourth-order valence-corrected chi connectivity index (χ4v) is 9.98. The molecule has 4 aromatic rings. The Hall–Kier alpha value is -4.07. The number of hydrogen-bond donors (Lipinski definition) is 2. The van der Waals surface area contributed by atoms with Crippen molar-refractivity contribution in [3.63, 3.8) is 0 Å². The summed E-state index contributed by atoms with van der Waals surface area (Å²) >= 11 is 6.31. The average Bonchev–Trinajstić information content (AvgIpc) is 3.48. The molecular weight excluding hydrogens is 720 g/mol. The molecule has 1 saturated carbocycles. The third-order valence-electron chi connectivity index (χ3n) is 12.8. The van der Waals surface area contributed by atoms with E-state index < -0.39 is 11.5 Å². The van der Waals surface area contributed by atoms with Gasteiger partial charge in [-0.25, -0.2) is 4.79 Å². The summed E-state index contributed by atoms with van der Waals surface area (Å²) < 4.78 is 18.9. The zero-order chi connectivity index (χ0) is 39.0. The number of aliphatic carboxylic acids is 1. The summed E-state index contributed by atoms with van der Waals surface area (Å²) in [6.45, 7) is 7.40. The molecule has 3 aromatic carbocycles. The number of benzene rings is 3. The van der Waals surface area contributed by atoms with E-state index in [1.54, 1.807) is 0 Å². The molecule has 1 aromatic heterocycles. The standard InChI is InChI=1S/C48H59ClN2O5/c1-34(33-56-44-20-25-50-43-17-8-11-35(2)45(43)44)29-38-30-37-18-19-41(55-28-7-6-26-54-27-10-14-36-12-4-3-5-13-36)32-42(37)47(38)21-23-48(24-22-47,46(52)53)51-40-16-9-15-39(49)31-40/h3-5,9,12-13,15-16,18-20,25,31-32,34-35,38,51H,6-8,10-11,14,17,21-24,26-30,33H2,1-2H3,(H,52,53)/t34-,35-,38?,47?,48?/m1/s1. The Labute approximate surface area is 338 Å². The molecule has 1 spiro atoms. The van der Waals surface area contributed by atoms with E-state index in [1.165, 1.54) is 40.8 Å². The maximum absolute atomic E-state index is 13.0. The summed E-state index contributed by atoms with van der Waals surface area (Å²) in [5, 5.41) is 14.7. The van der Waals surface area contributed by atoms with Crippen molar-refractivity contribution in [2.45, 2.75) is 114 Å². The van der Waals surface area contributed by atoms with Crippen LogP contribution in [0.4, 0.5) is 5.69 Å². The third kappa shape index (κ3) is 9.37. The van der Waals surface area contributed by atoms with Gasteiger partial charge in [0.25, 0.3) is 0 Å². The van der Waals surface area contributed by atoms with E-state index in [-0.39, 0.29) is 5.41 Å². The highest BCUT2D eigenvalue weighted by atomic mass is 35.5. The fourth-order valence-electron chi connectivity index (χ4n) is 9.79. The van der Waals surface area contributed by atoms with E-state index in [0.717, 1.165) is 88.2 Å². The summed E-state index contributed by atoms with van der Waals surface area (Å²) in [5.41, 5.74) is 6.08. The van der Waals surface area contributed by atoms with Gasteiger partial charge in [-0.05, 0) is 160 Å². The molecule has 1 fully saturated rings. The van der Waals surface area contributed by atoms with E-state index in [9.17, 15) is 9.90 Å². The van der Waals surface area contributed by atoms with Crippen LogP contribution in [-0.4, -0.2) is 48.0 Å². The van der Waals surface area contributed by atoms with Crippen LogP contribution in [0.3, 0.4) is 0 Å². The molecule has 0 amide bonds. The minimum absolute atomic E-state index is 0.143. The van der Waals surface area contributed by atoms with Crippen LogP contribution in [0.1, 0.15) is 112 Å². The quantitative estimate of drug-likeness (QED) is 0.0972. The predicted molar refractivity (Wildman–Crippen MR) is 224 cm³/mol. The summed E-state index contributed by atoms with van der Waals surface area (Å²) in [6, 6.07) is 26.7. The molecule has 298 valence electrons. The van der Waals surface area contributed by atoms with E-state index in [4.69, 9.17) is 25.8 Å². The summed E-state index contributed by atoms with van der Waals surface area (Å²) in [4.78, 5) is 17.7. The second kappa shape index (κ2) is 18.5. The summed E-state index contributed by atoms with van der Waals surface area (Å²) in [5.74, 6) is 2.23. The van der Waals surface area contributed by atoms with Crippen molar-refractivity contribution in [1.29, 1.82) is 0 Å². The van der Waals surface area contributed by atoms with Gasteiger partial charge < -0.3 is 24.6 Å². The average molecular weight is 779 g/mol. The summed E-state index contributed by atoms with van der Waals surface area (Å²) in [6.07, 6.45) is 13.8. The molecule has 0 radical (unpaired) electrons. The Balaban J connectivity index is 1.01. The number of aryl methyl sites for hydroxylation is 2. The van der Waals surface area contributed by atoms with Gasteiger partial charge in [0, 0.05) is 41.4 Å². The molecule has 1 heterocycles. The van der Waals surface area contributed by atoms with Crippen molar-refractivity contribution in [3.05, 3.63) is 118 Å².